The summed E-state index contributed by atoms with van der Waals surface area (Å²) < 4.78 is 38.7. The maximum Gasteiger partial charge on any atom is 0.416 e. The summed E-state index contributed by atoms with van der Waals surface area (Å²) in [4.78, 5) is 14.0. The Balaban J connectivity index is 1.76. The van der Waals surface area contributed by atoms with Crippen LogP contribution < -0.4 is 0 Å². The van der Waals surface area contributed by atoms with Crippen LogP contribution in [-0.4, -0.2) is 45.3 Å². The summed E-state index contributed by atoms with van der Waals surface area (Å²) in [5.74, 6) is -0.868. The van der Waals surface area contributed by atoms with Gasteiger partial charge in [-0.05, 0) is 37.6 Å². The Bertz CT molecular complexity index is 822. The van der Waals surface area contributed by atoms with Crippen LogP contribution in [-0.2, 0) is 12.6 Å². The molecule has 0 saturated carbocycles. The van der Waals surface area contributed by atoms with Crippen molar-refractivity contribution >= 4 is 17.5 Å². The highest BCUT2D eigenvalue weighted by molar-refractivity contribution is 6.33. The minimum Gasteiger partial charge on any atom is -0.391 e. The monoisotopic (exact) mass is 387 g/mol. The van der Waals surface area contributed by atoms with E-state index in [1.54, 1.807) is 0 Å². The number of aromatic amines is 1. The van der Waals surface area contributed by atoms with Gasteiger partial charge in [-0.25, -0.2) is 0 Å². The van der Waals surface area contributed by atoms with E-state index < -0.39 is 23.8 Å². The van der Waals surface area contributed by atoms with E-state index in [1.807, 2.05) is 13.0 Å². The molecule has 2 heterocycles. The number of amides is 1. The Morgan fingerprint density at radius 2 is 2.12 bits per heavy atom. The Morgan fingerprint density at radius 3 is 2.73 bits per heavy atom. The number of nitrogens with zero attached hydrogens (tertiary/aromatic N) is 2. The van der Waals surface area contributed by atoms with Gasteiger partial charge in [0.15, 0.2) is 0 Å². The number of alkyl halides is 3. The van der Waals surface area contributed by atoms with Crippen LogP contribution in [0, 0.1) is 12.8 Å². The second-order valence-electron chi connectivity index (χ2n) is 6.48. The van der Waals surface area contributed by atoms with Gasteiger partial charge in [-0.3, -0.25) is 9.89 Å². The molecule has 1 aromatic heterocycles. The number of carbonyl (C=O) groups is 1. The zero-order chi connectivity index (χ0) is 19.1. The molecule has 0 aliphatic carbocycles. The fourth-order valence-electron chi connectivity index (χ4n) is 3.10. The number of halogens is 4. The maximum atomic E-state index is 12.9. The van der Waals surface area contributed by atoms with Crippen molar-refractivity contribution in [1.82, 2.24) is 15.1 Å². The van der Waals surface area contributed by atoms with Crippen molar-refractivity contribution in [3.8, 4) is 0 Å². The van der Waals surface area contributed by atoms with E-state index in [-0.39, 0.29) is 29.6 Å². The van der Waals surface area contributed by atoms with Crippen molar-refractivity contribution in [3.05, 3.63) is 51.8 Å². The number of benzene rings is 1. The van der Waals surface area contributed by atoms with Gasteiger partial charge in [0.2, 0.25) is 0 Å². The molecule has 140 valence electrons. The number of carbonyl (C=O) groups excluding carboxylic acids is 1. The number of nitrogens with one attached hydrogen (secondary N) is 1. The van der Waals surface area contributed by atoms with E-state index in [4.69, 9.17) is 11.6 Å². The van der Waals surface area contributed by atoms with Gasteiger partial charge in [0, 0.05) is 24.7 Å². The summed E-state index contributed by atoms with van der Waals surface area (Å²) in [5, 5.41) is 17.1. The number of β-amino-alcohol motifs (C(OH)–C–C–N with tert-alkyl or cyclic N) is 1. The van der Waals surface area contributed by atoms with Gasteiger partial charge in [-0.2, -0.15) is 18.3 Å². The molecule has 1 aliphatic rings. The number of aliphatic hydroxyl groups excluding tert-OH is 1. The molecule has 0 unspecified atom stereocenters. The largest absolute Gasteiger partial charge is 0.416 e. The van der Waals surface area contributed by atoms with Gasteiger partial charge in [0.05, 0.1) is 27.9 Å². The third kappa shape index (κ3) is 3.86. The molecule has 2 atom stereocenters. The molecule has 2 aromatic rings. The molecule has 26 heavy (non-hydrogen) atoms. The highest BCUT2D eigenvalue weighted by Crippen LogP contribution is 2.33. The minimum absolute atomic E-state index is 0.0412. The van der Waals surface area contributed by atoms with Gasteiger partial charge in [0.25, 0.3) is 5.91 Å². The smallest absolute Gasteiger partial charge is 0.391 e. The second-order valence-corrected chi connectivity index (χ2v) is 6.88. The first kappa shape index (κ1) is 18.7. The van der Waals surface area contributed by atoms with Gasteiger partial charge >= 0.3 is 6.18 Å². The summed E-state index contributed by atoms with van der Waals surface area (Å²) in [6.07, 6.45) is -4.88. The lowest BCUT2D eigenvalue weighted by Crippen LogP contribution is -2.30. The maximum absolute atomic E-state index is 12.9. The van der Waals surface area contributed by atoms with Crippen molar-refractivity contribution in [3.63, 3.8) is 0 Å². The average Bonchev–Trinajstić information content (AvgIpc) is 3.12. The molecule has 0 radical (unpaired) electrons. The standard InChI is InChI=1S/C17H17ClF3N3O2/c1-9-4-12(23-22-9)5-10-7-24(8-15(10)25)16(26)13-6-11(17(19,20)21)2-3-14(13)18/h2-4,6,10,15,25H,5,7-8H2,1H3,(H,22,23)/t10-,15+/m1/s1. The van der Waals surface area contributed by atoms with E-state index >= 15 is 0 Å². The Morgan fingerprint density at radius 1 is 1.38 bits per heavy atom. The number of hydrogen-bond acceptors (Lipinski definition) is 3. The lowest BCUT2D eigenvalue weighted by atomic mass is 10.00. The molecule has 1 aromatic carbocycles. The first-order valence-corrected chi connectivity index (χ1v) is 8.38. The normalized spacial score (nSPS) is 20.6. The van der Waals surface area contributed by atoms with Gasteiger partial charge < -0.3 is 10.0 Å². The molecule has 9 heteroatoms. The number of hydrogen-bond donors (Lipinski definition) is 2. The van der Waals surface area contributed by atoms with E-state index in [2.05, 4.69) is 10.2 Å². The predicted octanol–water partition coefficient (Wildman–Crippen LogP) is 3.07. The quantitative estimate of drug-likeness (QED) is 0.850. The van der Waals surface area contributed by atoms with Crippen LogP contribution in [0.5, 0.6) is 0 Å². The zero-order valence-electron chi connectivity index (χ0n) is 13.8. The van der Waals surface area contributed by atoms with Gasteiger partial charge in [-0.15, -0.1) is 0 Å². The van der Waals surface area contributed by atoms with Gasteiger partial charge in [0.1, 0.15) is 0 Å². The van der Waals surface area contributed by atoms with Crippen LogP contribution in [0.2, 0.25) is 5.02 Å². The number of likely N-dealkylation sites (tertiary alicyclic amines) is 1. The molecular weight excluding hydrogens is 371 g/mol. The fourth-order valence-corrected chi connectivity index (χ4v) is 3.30. The number of H-pyrrole nitrogens is 1. The highest BCUT2D eigenvalue weighted by Gasteiger charge is 2.37. The van der Waals surface area contributed by atoms with Crippen LogP contribution in [0.15, 0.2) is 24.3 Å². The van der Waals surface area contributed by atoms with Crippen molar-refractivity contribution in [1.29, 1.82) is 0 Å². The molecular formula is C17H17ClF3N3O2. The average molecular weight is 388 g/mol. The third-order valence-electron chi connectivity index (χ3n) is 4.45. The SMILES string of the molecule is Cc1cc(C[C@@H]2CN(C(=O)c3cc(C(F)(F)F)ccc3Cl)C[C@@H]2O)n[nH]1. The summed E-state index contributed by atoms with van der Waals surface area (Å²) >= 11 is 5.93. The third-order valence-corrected chi connectivity index (χ3v) is 4.78. The van der Waals surface area contributed by atoms with E-state index in [0.717, 1.165) is 29.6 Å². The van der Waals surface area contributed by atoms with Crippen molar-refractivity contribution < 1.29 is 23.1 Å². The summed E-state index contributed by atoms with van der Waals surface area (Å²) in [5.41, 5.74) is 0.493. The lowest BCUT2D eigenvalue weighted by Gasteiger charge is -2.18. The Labute approximate surface area is 152 Å². The van der Waals surface area contributed by atoms with Crippen molar-refractivity contribution in [2.45, 2.75) is 25.6 Å². The minimum atomic E-state index is -4.56. The van der Waals surface area contributed by atoms with Crippen molar-refractivity contribution in [2.24, 2.45) is 5.92 Å². The topological polar surface area (TPSA) is 69.2 Å². The van der Waals surface area contributed by atoms with E-state index in [1.165, 1.54) is 4.90 Å². The van der Waals surface area contributed by atoms with Crippen molar-refractivity contribution in [2.75, 3.05) is 13.1 Å². The molecule has 2 N–H and O–H groups in total. The first-order valence-electron chi connectivity index (χ1n) is 8.00. The van der Waals surface area contributed by atoms with E-state index in [0.29, 0.717) is 6.42 Å². The number of aromatic nitrogens is 2. The highest BCUT2D eigenvalue weighted by atomic mass is 35.5. The number of rotatable bonds is 3. The predicted molar refractivity (Wildman–Crippen MR) is 88.9 cm³/mol. The molecule has 1 amide bonds. The summed E-state index contributed by atoms with van der Waals surface area (Å²) in [6, 6.07) is 4.50. The number of aliphatic hydroxyl groups is 1. The van der Waals surface area contributed by atoms with E-state index in [9.17, 15) is 23.1 Å². The fraction of sp³-hybridized carbons (Fsp3) is 0.412. The first-order chi connectivity index (χ1) is 12.1. The zero-order valence-corrected chi connectivity index (χ0v) is 14.6. The van der Waals surface area contributed by atoms with Crippen LogP contribution in [0.3, 0.4) is 0 Å². The summed E-state index contributed by atoms with van der Waals surface area (Å²) in [7, 11) is 0. The van der Waals surface area contributed by atoms with Crippen LogP contribution in [0.25, 0.3) is 0 Å². The molecule has 0 spiro atoms. The molecule has 1 fully saturated rings. The molecule has 1 saturated heterocycles. The molecule has 5 nitrogen and oxygen atoms in total. The molecule has 1 aliphatic heterocycles. The lowest BCUT2D eigenvalue weighted by molar-refractivity contribution is -0.137. The molecule has 0 bridgehead atoms. The van der Waals surface area contributed by atoms with Gasteiger partial charge in [-0.1, -0.05) is 11.6 Å². The second kappa shape index (κ2) is 6.92. The van der Waals surface area contributed by atoms with Crippen LogP contribution in [0.4, 0.5) is 13.2 Å². The number of aryl methyl sites for hydroxylation is 1. The van der Waals surface area contributed by atoms with Crippen LogP contribution >= 0.6 is 11.6 Å². The Hall–Kier alpha value is -2.06. The summed E-state index contributed by atoms with van der Waals surface area (Å²) in [6.45, 7) is 2.12. The molecule has 3 rings (SSSR count). The van der Waals surface area contributed by atoms with Crippen LogP contribution in [0.1, 0.15) is 27.3 Å². The Kier molecular flexibility index (Phi) is 4.98.